The number of nitrogens with two attached hydrogens (primary N) is 1. The molecule has 0 amide bonds. The third-order valence-electron chi connectivity index (χ3n) is 3.17. The molecule has 0 aliphatic carbocycles. The lowest BCUT2D eigenvalue weighted by atomic mass is 10.1. The molecule has 21 heavy (non-hydrogen) atoms. The number of benzene rings is 1. The lowest BCUT2D eigenvalue weighted by molar-refractivity contribution is 0.325. The number of aromatic nitrogens is 1. The number of thiazole rings is 1. The van der Waals surface area contributed by atoms with Crippen LogP contribution >= 0.6 is 11.3 Å². The van der Waals surface area contributed by atoms with Crippen LogP contribution in [0, 0.1) is 5.41 Å². The minimum atomic E-state index is 0.0903. The molecule has 2 aromatic rings. The molecule has 2 rings (SSSR count). The second-order valence-corrected chi connectivity index (χ2v) is 5.83. The Morgan fingerprint density at radius 1 is 1.38 bits per heavy atom. The third-order valence-corrected chi connectivity index (χ3v) is 4.11. The molecule has 4 N–H and O–H groups in total. The maximum absolute atomic E-state index is 7.40. The molecule has 0 unspecified atom stereocenters. The van der Waals surface area contributed by atoms with E-state index in [0.29, 0.717) is 0 Å². The van der Waals surface area contributed by atoms with Crippen LogP contribution in [0.2, 0.25) is 0 Å². The van der Waals surface area contributed by atoms with Gasteiger partial charge in [0, 0.05) is 36.1 Å². The van der Waals surface area contributed by atoms with E-state index in [0.717, 1.165) is 41.5 Å². The van der Waals surface area contributed by atoms with Gasteiger partial charge < -0.3 is 11.1 Å². The van der Waals surface area contributed by atoms with Crippen molar-refractivity contribution in [2.45, 2.75) is 6.54 Å². The summed E-state index contributed by atoms with van der Waals surface area (Å²) < 4.78 is 0. The number of nitrogens with zero attached hydrogens (tertiary/aromatic N) is 2. The average Bonchev–Trinajstić information content (AvgIpc) is 2.93. The van der Waals surface area contributed by atoms with Crippen molar-refractivity contribution < 1.29 is 0 Å². The highest BCUT2D eigenvalue weighted by Crippen LogP contribution is 2.24. The number of hydrogen-bond acceptors (Lipinski definition) is 5. The van der Waals surface area contributed by atoms with Crippen molar-refractivity contribution in [2.75, 3.05) is 27.2 Å². The van der Waals surface area contributed by atoms with E-state index in [1.54, 1.807) is 11.3 Å². The number of amidine groups is 1. The minimum absolute atomic E-state index is 0.0903. The zero-order chi connectivity index (χ0) is 15.2. The second-order valence-electron chi connectivity index (χ2n) is 4.98. The Morgan fingerprint density at radius 3 is 2.71 bits per heavy atom. The van der Waals surface area contributed by atoms with Gasteiger partial charge in [-0.1, -0.05) is 24.3 Å². The molecule has 0 aliphatic rings. The van der Waals surface area contributed by atoms with Gasteiger partial charge in [0.1, 0.15) is 10.8 Å². The number of likely N-dealkylation sites (N-methyl/N-ethyl adjacent to an activating group) is 2. The quantitative estimate of drug-likeness (QED) is 0.538. The van der Waals surface area contributed by atoms with Crippen LogP contribution < -0.4 is 11.1 Å². The molecule has 0 saturated heterocycles. The molecule has 0 spiro atoms. The van der Waals surface area contributed by atoms with Crippen molar-refractivity contribution in [1.29, 1.82) is 5.41 Å². The zero-order valence-corrected chi connectivity index (χ0v) is 13.2. The minimum Gasteiger partial charge on any atom is -0.384 e. The van der Waals surface area contributed by atoms with E-state index in [4.69, 9.17) is 11.1 Å². The van der Waals surface area contributed by atoms with Gasteiger partial charge in [-0.2, -0.15) is 0 Å². The summed E-state index contributed by atoms with van der Waals surface area (Å²) in [5.41, 5.74) is 8.35. The third kappa shape index (κ3) is 4.35. The first-order valence-corrected chi connectivity index (χ1v) is 7.70. The van der Waals surface area contributed by atoms with Crippen molar-refractivity contribution in [1.82, 2.24) is 15.2 Å². The van der Waals surface area contributed by atoms with Crippen molar-refractivity contribution >= 4 is 17.2 Å². The first-order chi connectivity index (χ1) is 10.1. The fourth-order valence-corrected chi connectivity index (χ4v) is 2.78. The van der Waals surface area contributed by atoms with Crippen molar-refractivity contribution in [3.05, 3.63) is 40.9 Å². The normalized spacial score (nSPS) is 11.0. The standard InChI is InChI=1S/C15H21N5S/c1-18-7-8-20(2)9-13-10-21-15(19-13)12-5-3-11(4-6-12)14(16)17/h3-6,10,18H,7-9H2,1-2H3,(H3,16,17). The Morgan fingerprint density at radius 2 is 2.10 bits per heavy atom. The van der Waals surface area contributed by atoms with E-state index in [1.807, 2.05) is 31.3 Å². The molecule has 112 valence electrons. The van der Waals surface area contributed by atoms with Gasteiger partial charge in [0.25, 0.3) is 0 Å². The zero-order valence-electron chi connectivity index (χ0n) is 12.4. The summed E-state index contributed by atoms with van der Waals surface area (Å²) in [5, 5.41) is 13.6. The van der Waals surface area contributed by atoms with Gasteiger partial charge in [0.15, 0.2) is 0 Å². The number of rotatable bonds is 7. The lowest BCUT2D eigenvalue weighted by Crippen LogP contribution is -2.27. The number of nitrogens with one attached hydrogen (secondary N) is 2. The van der Waals surface area contributed by atoms with E-state index in [9.17, 15) is 0 Å². The van der Waals surface area contributed by atoms with Crippen LogP contribution in [-0.2, 0) is 6.54 Å². The smallest absolute Gasteiger partial charge is 0.123 e. The van der Waals surface area contributed by atoms with E-state index in [-0.39, 0.29) is 5.84 Å². The van der Waals surface area contributed by atoms with Gasteiger partial charge in [0.05, 0.1) is 5.69 Å². The van der Waals surface area contributed by atoms with Crippen LogP contribution in [0.4, 0.5) is 0 Å². The molecule has 1 heterocycles. The summed E-state index contributed by atoms with van der Waals surface area (Å²) >= 11 is 1.64. The topological polar surface area (TPSA) is 78.0 Å². The first kappa shape index (κ1) is 15.6. The highest BCUT2D eigenvalue weighted by atomic mass is 32.1. The summed E-state index contributed by atoms with van der Waals surface area (Å²) in [6.07, 6.45) is 0. The summed E-state index contributed by atoms with van der Waals surface area (Å²) in [6, 6.07) is 7.64. The van der Waals surface area contributed by atoms with Crippen LogP contribution in [-0.4, -0.2) is 42.9 Å². The van der Waals surface area contributed by atoms with Crippen molar-refractivity contribution in [3.8, 4) is 10.6 Å². The van der Waals surface area contributed by atoms with Crippen molar-refractivity contribution in [2.24, 2.45) is 5.73 Å². The van der Waals surface area contributed by atoms with Crippen LogP contribution in [0.1, 0.15) is 11.3 Å². The molecule has 0 saturated carbocycles. The number of hydrogen-bond donors (Lipinski definition) is 3. The van der Waals surface area contributed by atoms with Gasteiger partial charge in [-0.15, -0.1) is 11.3 Å². The monoisotopic (exact) mass is 303 g/mol. The Bertz CT molecular complexity index is 590. The largest absolute Gasteiger partial charge is 0.384 e. The molecule has 6 heteroatoms. The molecule has 0 atom stereocenters. The Labute approximate surface area is 129 Å². The second kappa shape index (κ2) is 7.31. The van der Waals surface area contributed by atoms with Gasteiger partial charge in [-0.25, -0.2) is 4.98 Å². The SMILES string of the molecule is CNCCN(C)Cc1csc(-c2ccc(C(=N)N)cc2)n1. The van der Waals surface area contributed by atoms with Crippen LogP contribution in [0.3, 0.4) is 0 Å². The number of nitrogen functional groups attached to an aromatic ring is 1. The maximum Gasteiger partial charge on any atom is 0.123 e. The summed E-state index contributed by atoms with van der Waals surface area (Å²) in [7, 11) is 4.05. The summed E-state index contributed by atoms with van der Waals surface area (Å²) in [5.74, 6) is 0.0903. The fourth-order valence-electron chi connectivity index (χ4n) is 1.96. The van der Waals surface area contributed by atoms with Crippen molar-refractivity contribution in [3.63, 3.8) is 0 Å². The predicted molar refractivity (Wildman–Crippen MR) is 88.8 cm³/mol. The molecule has 0 aliphatic heterocycles. The van der Waals surface area contributed by atoms with Crippen LogP contribution in [0.25, 0.3) is 10.6 Å². The van der Waals surface area contributed by atoms with Crippen LogP contribution in [0.15, 0.2) is 29.6 Å². The molecular weight excluding hydrogens is 282 g/mol. The average molecular weight is 303 g/mol. The fraction of sp³-hybridized carbons (Fsp3) is 0.333. The molecule has 0 bridgehead atoms. The van der Waals surface area contributed by atoms with E-state index in [2.05, 4.69) is 27.6 Å². The molecule has 5 nitrogen and oxygen atoms in total. The van der Waals surface area contributed by atoms with E-state index < -0.39 is 0 Å². The predicted octanol–water partition coefficient (Wildman–Crippen LogP) is 1.75. The lowest BCUT2D eigenvalue weighted by Gasteiger charge is -2.14. The molecule has 0 radical (unpaired) electrons. The van der Waals surface area contributed by atoms with E-state index >= 15 is 0 Å². The Balaban J connectivity index is 2.03. The summed E-state index contributed by atoms with van der Waals surface area (Å²) in [4.78, 5) is 6.92. The summed E-state index contributed by atoms with van der Waals surface area (Å²) in [6.45, 7) is 2.82. The van der Waals surface area contributed by atoms with Gasteiger partial charge >= 0.3 is 0 Å². The first-order valence-electron chi connectivity index (χ1n) is 6.82. The van der Waals surface area contributed by atoms with Crippen LogP contribution in [0.5, 0.6) is 0 Å². The van der Waals surface area contributed by atoms with E-state index in [1.165, 1.54) is 0 Å². The maximum atomic E-state index is 7.40. The highest BCUT2D eigenvalue weighted by molar-refractivity contribution is 7.13. The van der Waals surface area contributed by atoms with Gasteiger partial charge in [-0.3, -0.25) is 10.3 Å². The molecule has 1 aromatic carbocycles. The molecular formula is C15H21N5S. The van der Waals surface area contributed by atoms with Gasteiger partial charge in [0.2, 0.25) is 0 Å². The highest BCUT2D eigenvalue weighted by Gasteiger charge is 2.07. The molecule has 1 aromatic heterocycles. The Kier molecular flexibility index (Phi) is 5.44. The van der Waals surface area contributed by atoms with Gasteiger partial charge in [-0.05, 0) is 14.1 Å². The molecule has 0 fully saturated rings. The Hall–Kier alpha value is -1.76.